The van der Waals surface area contributed by atoms with Crippen LogP contribution in [0.15, 0.2) is 88.5 Å². The Bertz CT molecular complexity index is 1000. The molecule has 140 valence electrons. The fourth-order valence-electron chi connectivity index (χ4n) is 3.25. The van der Waals surface area contributed by atoms with Crippen molar-refractivity contribution in [2.45, 2.75) is 12.3 Å². The molecule has 0 aliphatic heterocycles. The molecule has 0 heterocycles. The van der Waals surface area contributed by atoms with Crippen LogP contribution in [-0.4, -0.2) is 11.7 Å². The molecule has 0 spiro atoms. The smallest absolute Gasteiger partial charge is 0.313 e. The zero-order valence-corrected chi connectivity index (χ0v) is 17.2. The molecular formula is C23H17BrClNO2. The van der Waals surface area contributed by atoms with E-state index in [1.165, 1.54) is 5.56 Å². The fraction of sp³-hybridized carbons (Fsp3) is 0.130. The summed E-state index contributed by atoms with van der Waals surface area (Å²) in [5.74, 6) is 0.0833. The van der Waals surface area contributed by atoms with Gasteiger partial charge in [-0.3, -0.25) is 0 Å². The van der Waals surface area contributed by atoms with Gasteiger partial charge in [0.25, 0.3) is 0 Å². The van der Waals surface area contributed by atoms with Gasteiger partial charge < -0.3 is 4.84 Å². The lowest BCUT2D eigenvalue weighted by atomic mass is 10.0. The average molecular weight is 455 g/mol. The highest BCUT2D eigenvalue weighted by molar-refractivity contribution is 9.10. The summed E-state index contributed by atoms with van der Waals surface area (Å²) in [5, 5.41) is 5.00. The summed E-state index contributed by atoms with van der Waals surface area (Å²) in [6, 6.07) is 24.7. The summed E-state index contributed by atoms with van der Waals surface area (Å²) in [4.78, 5) is 17.6. The fourth-order valence-corrected chi connectivity index (χ4v) is 3.64. The number of rotatable bonds is 5. The van der Waals surface area contributed by atoms with Crippen LogP contribution < -0.4 is 0 Å². The van der Waals surface area contributed by atoms with Crippen molar-refractivity contribution in [3.05, 3.63) is 105 Å². The van der Waals surface area contributed by atoms with Crippen molar-refractivity contribution in [3.8, 4) is 0 Å². The molecular weight excluding hydrogens is 438 g/mol. The first-order valence-corrected chi connectivity index (χ1v) is 10.1. The van der Waals surface area contributed by atoms with Gasteiger partial charge >= 0.3 is 5.97 Å². The van der Waals surface area contributed by atoms with Gasteiger partial charge in [-0.1, -0.05) is 75.2 Å². The Balaban J connectivity index is 1.59. The van der Waals surface area contributed by atoms with Crippen molar-refractivity contribution in [1.29, 1.82) is 0 Å². The third kappa shape index (κ3) is 4.34. The molecule has 1 aliphatic rings. The topological polar surface area (TPSA) is 38.7 Å². The van der Waals surface area contributed by atoms with Crippen molar-refractivity contribution in [3.63, 3.8) is 0 Å². The van der Waals surface area contributed by atoms with Crippen LogP contribution in [-0.2, 0) is 4.84 Å². The third-order valence-electron chi connectivity index (χ3n) is 4.82. The lowest BCUT2D eigenvalue weighted by molar-refractivity contribution is 0.0515. The van der Waals surface area contributed by atoms with Crippen LogP contribution in [0.3, 0.4) is 0 Å². The van der Waals surface area contributed by atoms with Crippen LogP contribution in [0.1, 0.15) is 33.8 Å². The molecule has 0 bridgehead atoms. The minimum atomic E-state index is -0.459. The molecule has 0 N–H and O–H groups in total. The van der Waals surface area contributed by atoms with Gasteiger partial charge in [-0.05, 0) is 59.9 Å². The summed E-state index contributed by atoms with van der Waals surface area (Å²) in [5.41, 5.74) is 3.43. The predicted molar refractivity (Wildman–Crippen MR) is 115 cm³/mol. The summed E-state index contributed by atoms with van der Waals surface area (Å²) in [6.45, 7) is 0. The molecule has 1 aliphatic carbocycles. The van der Waals surface area contributed by atoms with Crippen molar-refractivity contribution in [1.82, 2.24) is 0 Å². The second-order valence-corrected chi connectivity index (χ2v) is 8.08. The molecule has 5 heteroatoms. The highest BCUT2D eigenvalue weighted by Crippen LogP contribution is 2.49. The summed E-state index contributed by atoms with van der Waals surface area (Å²) in [7, 11) is 0. The van der Waals surface area contributed by atoms with E-state index in [2.05, 4.69) is 21.1 Å². The van der Waals surface area contributed by atoms with Crippen molar-refractivity contribution in [2.75, 3.05) is 0 Å². The number of halogens is 2. The number of oxime groups is 1. The summed E-state index contributed by atoms with van der Waals surface area (Å²) in [6.07, 6.45) is 0.958. The van der Waals surface area contributed by atoms with Crippen molar-refractivity contribution >= 4 is 39.2 Å². The maximum atomic E-state index is 12.3. The van der Waals surface area contributed by atoms with E-state index in [0.717, 1.165) is 27.2 Å². The van der Waals surface area contributed by atoms with Crippen LogP contribution in [0.5, 0.6) is 0 Å². The molecule has 3 nitrogen and oxygen atoms in total. The van der Waals surface area contributed by atoms with Gasteiger partial charge in [0.1, 0.15) is 0 Å². The minimum Gasteiger partial charge on any atom is -0.313 e. The Hall–Kier alpha value is -2.43. The number of hydrogen-bond acceptors (Lipinski definition) is 3. The highest BCUT2D eigenvalue weighted by Gasteiger charge is 2.43. The number of carbonyl (C=O) groups excluding carboxylic acids is 1. The van der Waals surface area contributed by atoms with E-state index in [1.807, 2.05) is 54.6 Å². The minimum absolute atomic E-state index is 0.200. The predicted octanol–water partition coefficient (Wildman–Crippen LogP) is 6.47. The van der Waals surface area contributed by atoms with Gasteiger partial charge in [-0.2, -0.15) is 0 Å². The first-order chi connectivity index (χ1) is 13.6. The van der Waals surface area contributed by atoms with E-state index in [-0.39, 0.29) is 5.92 Å². The van der Waals surface area contributed by atoms with Gasteiger partial charge in [0, 0.05) is 15.4 Å². The first-order valence-electron chi connectivity index (χ1n) is 8.97. The van der Waals surface area contributed by atoms with E-state index in [0.29, 0.717) is 11.5 Å². The number of nitrogens with zero attached hydrogens (tertiary/aromatic N) is 1. The molecule has 3 aromatic carbocycles. The number of carbonyl (C=O) groups is 1. The number of benzene rings is 3. The zero-order valence-electron chi connectivity index (χ0n) is 14.9. The zero-order chi connectivity index (χ0) is 19.5. The molecule has 0 saturated heterocycles. The van der Waals surface area contributed by atoms with E-state index in [9.17, 15) is 4.79 Å². The van der Waals surface area contributed by atoms with E-state index >= 15 is 0 Å². The van der Waals surface area contributed by atoms with Gasteiger partial charge in [0.05, 0.1) is 11.3 Å². The molecule has 2 atom stereocenters. The normalized spacial score (nSPS) is 18.6. The maximum absolute atomic E-state index is 12.3. The van der Waals surface area contributed by atoms with E-state index in [1.54, 1.807) is 24.3 Å². The highest BCUT2D eigenvalue weighted by atomic mass is 79.9. The number of hydrogen-bond donors (Lipinski definition) is 0. The molecule has 4 rings (SSSR count). The molecule has 1 fully saturated rings. The van der Waals surface area contributed by atoms with Crippen LogP contribution >= 0.6 is 27.5 Å². The van der Waals surface area contributed by atoms with Crippen LogP contribution in [0.4, 0.5) is 0 Å². The van der Waals surface area contributed by atoms with Crippen LogP contribution in [0.25, 0.3) is 0 Å². The second kappa shape index (κ2) is 8.29. The van der Waals surface area contributed by atoms with Crippen molar-refractivity contribution < 1.29 is 9.63 Å². The van der Waals surface area contributed by atoms with Crippen LogP contribution in [0, 0.1) is 5.92 Å². The maximum Gasteiger partial charge on any atom is 0.365 e. The molecule has 28 heavy (non-hydrogen) atoms. The third-order valence-corrected chi connectivity index (χ3v) is 5.60. The Morgan fingerprint density at radius 3 is 2.29 bits per heavy atom. The van der Waals surface area contributed by atoms with Gasteiger partial charge in [-0.25, -0.2) is 4.79 Å². The van der Waals surface area contributed by atoms with Crippen LogP contribution in [0.2, 0.25) is 5.02 Å². The molecule has 3 aromatic rings. The summed E-state index contributed by atoms with van der Waals surface area (Å²) < 4.78 is 0.988. The van der Waals surface area contributed by atoms with E-state index < -0.39 is 5.97 Å². The quantitative estimate of drug-likeness (QED) is 0.252. The monoisotopic (exact) mass is 453 g/mol. The van der Waals surface area contributed by atoms with Gasteiger partial charge in [0.2, 0.25) is 0 Å². The second-order valence-electron chi connectivity index (χ2n) is 6.73. The Kier molecular flexibility index (Phi) is 5.60. The molecule has 0 radical (unpaired) electrons. The Morgan fingerprint density at radius 1 is 0.929 bits per heavy atom. The SMILES string of the molecule is O=C(ON=C(c1ccc(Br)cc1)C1CC1c1ccc(Cl)cc1)c1ccccc1. The molecule has 0 aromatic heterocycles. The molecule has 0 amide bonds. The Morgan fingerprint density at radius 2 is 1.61 bits per heavy atom. The van der Waals surface area contributed by atoms with E-state index in [4.69, 9.17) is 16.4 Å². The average Bonchev–Trinajstić information content (AvgIpc) is 3.51. The Labute approximate surface area is 177 Å². The largest absolute Gasteiger partial charge is 0.365 e. The summed E-state index contributed by atoms with van der Waals surface area (Å²) >= 11 is 9.46. The lowest BCUT2D eigenvalue weighted by Crippen LogP contribution is -2.09. The van der Waals surface area contributed by atoms with Crippen molar-refractivity contribution in [2.24, 2.45) is 11.1 Å². The molecule has 2 unspecified atom stereocenters. The van der Waals surface area contributed by atoms with Gasteiger partial charge in [0.15, 0.2) is 0 Å². The lowest BCUT2D eigenvalue weighted by Gasteiger charge is -2.07. The molecule has 1 saturated carbocycles. The standard InChI is InChI=1S/C23H17BrClNO2/c24-18-10-6-16(7-11-18)22(26-28-23(27)17-4-2-1-3-5-17)21-14-20(21)15-8-12-19(25)13-9-15/h1-13,20-21H,14H2. The first kappa shape index (κ1) is 18.9. The van der Waals surface area contributed by atoms with Gasteiger partial charge in [-0.15, -0.1) is 0 Å².